The molecule has 16 heavy (non-hydrogen) atoms. The lowest BCUT2D eigenvalue weighted by Crippen LogP contribution is -2.17. The van der Waals surface area contributed by atoms with Crippen molar-refractivity contribution in [1.29, 1.82) is 0 Å². The molecular formula is C13H19NO2. The van der Waals surface area contributed by atoms with E-state index in [1.165, 1.54) is 0 Å². The van der Waals surface area contributed by atoms with Crippen molar-refractivity contribution in [3.63, 3.8) is 0 Å². The highest BCUT2D eigenvalue weighted by Gasteiger charge is 2.17. The van der Waals surface area contributed by atoms with Crippen LogP contribution in [-0.2, 0) is 16.1 Å². The van der Waals surface area contributed by atoms with Crippen molar-refractivity contribution in [2.24, 2.45) is 5.73 Å². The second-order valence-electron chi connectivity index (χ2n) is 4.15. The maximum absolute atomic E-state index is 11.7. The highest BCUT2D eigenvalue weighted by Crippen LogP contribution is 2.18. The number of carbonyl (C=O) groups excluding carboxylic acids is 1. The van der Waals surface area contributed by atoms with E-state index in [9.17, 15) is 4.79 Å². The van der Waals surface area contributed by atoms with Crippen molar-refractivity contribution < 1.29 is 9.53 Å². The fraction of sp³-hybridized carbons (Fsp3) is 0.462. The van der Waals surface area contributed by atoms with E-state index in [0.717, 1.165) is 11.1 Å². The molecule has 3 nitrogen and oxygen atoms in total. The van der Waals surface area contributed by atoms with Crippen LogP contribution in [0.15, 0.2) is 24.3 Å². The van der Waals surface area contributed by atoms with Crippen LogP contribution in [0.25, 0.3) is 0 Å². The molecule has 0 fully saturated rings. The highest BCUT2D eigenvalue weighted by atomic mass is 16.5. The molecular weight excluding hydrogens is 202 g/mol. The Morgan fingerprint density at radius 1 is 1.25 bits per heavy atom. The average molecular weight is 221 g/mol. The maximum atomic E-state index is 11.7. The van der Waals surface area contributed by atoms with Gasteiger partial charge in [0.15, 0.2) is 0 Å². The first-order valence-corrected chi connectivity index (χ1v) is 5.54. The monoisotopic (exact) mass is 221 g/mol. The van der Waals surface area contributed by atoms with Crippen LogP contribution in [0.3, 0.4) is 0 Å². The summed E-state index contributed by atoms with van der Waals surface area (Å²) in [5.41, 5.74) is 7.53. The number of carbonyl (C=O) groups is 1. The topological polar surface area (TPSA) is 52.3 Å². The van der Waals surface area contributed by atoms with Gasteiger partial charge in [0.25, 0.3) is 0 Å². The molecule has 1 atom stereocenters. The normalized spacial score (nSPS) is 12.6. The molecule has 1 unspecified atom stereocenters. The van der Waals surface area contributed by atoms with Crippen molar-refractivity contribution in [1.82, 2.24) is 0 Å². The number of hydrogen-bond acceptors (Lipinski definition) is 3. The Morgan fingerprint density at radius 3 is 2.25 bits per heavy atom. The fourth-order valence-corrected chi connectivity index (χ4v) is 1.41. The third kappa shape index (κ3) is 3.35. The number of rotatable bonds is 4. The number of nitrogens with two attached hydrogens (primary N) is 1. The van der Waals surface area contributed by atoms with Gasteiger partial charge in [-0.3, -0.25) is 4.79 Å². The second kappa shape index (κ2) is 5.66. The zero-order valence-corrected chi connectivity index (χ0v) is 10.1. The van der Waals surface area contributed by atoms with Gasteiger partial charge < -0.3 is 10.5 Å². The van der Waals surface area contributed by atoms with Gasteiger partial charge in [-0.1, -0.05) is 24.3 Å². The molecule has 0 aliphatic rings. The Bertz CT molecular complexity index is 343. The van der Waals surface area contributed by atoms with Crippen LogP contribution in [0, 0.1) is 0 Å². The van der Waals surface area contributed by atoms with E-state index in [1.807, 2.05) is 45.0 Å². The highest BCUT2D eigenvalue weighted by molar-refractivity contribution is 5.77. The van der Waals surface area contributed by atoms with Gasteiger partial charge in [-0.05, 0) is 31.9 Å². The standard InChI is InChI=1S/C13H19NO2/c1-9(2)16-13(15)10(3)12-6-4-11(8-14)5-7-12/h4-7,9-10H,8,14H2,1-3H3. The predicted octanol–water partition coefficient (Wildman–Crippen LogP) is 2.20. The molecule has 0 radical (unpaired) electrons. The van der Waals surface area contributed by atoms with E-state index in [-0.39, 0.29) is 18.0 Å². The average Bonchev–Trinajstić information content (AvgIpc) is 2.27. The lowest BCUT2D eigenvalue weighted by Gasteiger charge is -2.14. The summed E-state index contributed by atoms with van der Waals surface area (Å²) in [5, 5.41) is 0. The molecule has 0 amide bonds. The zero-order valence-electron chi connectivity index (χ0n) is 10.1. The van der Waals surface area contributed by atoms with Gasteiger partial charge in [-0.25, -0.2) is 0 Å². The van der Waals surface area contributed by atoms with Crippen molar-refractivity contribution in [3.8, 4) is 0 Å². The number of benzene rings is 1. The largest absolute Gasteiger partial charge is 0.463 e. The smallest absolute Gasteiger partial charge is 0.313 e. The predicted molar refractivity (Wildman–Crippen MR) is 64.0 cm³/mol. The van der Waals surface area contributed by atoms with Crippen molar-refractivity contribution in [2.45, 2.75) is 39.3 Å². The van der Waals surface area contributed by atoms with E-state index in [2.05, 4.69) is 0 Å². The van der Waals surface area contributed by atoms with Crippen molar-refractivity contribution >= 4 is 5.97 Å². The Hall–Kier alpha value is -1.35. The van der Waals surface area contributed by atoms with Gasteiger partial charge >= 0.3 is 5.97 Å². The summed E-state index contributed by atoms with van der Waals surface area (Å²) in [6.45, 7) is 6.07. The van der Waals surface area contributed by atoms with E-state index in [4.69, 9.17) is 10.5 Å². The molecule has 1 aromatic rings. The van der Waals surface area contributed by atoms with E-state index >= 15 is 0 Å². The molecule has 88 valence electrons. The molecule has 0 bridgehead atoms. The molecule has 0 saturated heterocycles. The quantitative estimate of drug-likeness (QED) is 0.793. The van der Waals surface area contributed by atoms with E-state index in [0.29, 0.717) is 6.54 Å². The lowest BCUT2D eigenvalue weighted by molar-refractivity contribution is -0.148. The van der Waals surface area contributed by atoms with Gasteiger partial charge in [0.05, 0.1) is 12.0 Å². The molecule has 1 aromatic carbocycles. The molecule has 0 aromatic heterocycles. The van der Waals surface area contributed by atoms with E-state index < -0.39 is 0 Å². The zero-order chi connectivity index (χ0) is 12.1. The summed E-state index contributed by atoms with van der Waals surface area (Å²) in [6.07, 6.45) is -0.0711. The Kier molecular flexibility index (Phi) is 4.50. The number of ether oxygens (including phenoxy) is 1. The van der Waals surface area contributed by atoms with E-state index in [1.54, 1.807) is 0 Å². The van der Waals surface area contributed by atoms with Gasteiger partial charge in [-0.15, -0.1) is 0 Å². The summed E-state index contributed by atoms with van der Waals surface area (Å²) in [4.78, 5) is 11.7. The SMILES string of the molecule is CC(C)OC(=O)C(C)c1ccc(CN)cc1. The van der Waals surface area contributed by atoms with Crippen LogP contribution in [-0.4, -0.2) is 12.1 Å². The fourth-order valence-electron chi connectivity index (χ4n) is 1.41. The summed E-state index contributed by atoms with van der Waals surface area (Å²) >= 11 is 0. The molecule has 1 rings (SSSR count). The Balaban J connectivity index is 2.72. The first-order valence-electron chi connectivity index (χ1n) is 5.54. The van der Waals surface area contributed by atoms with Gasteiger partial charge in [0.2, 0.25) is 0 Å². The number of esters is 1. The van der Waals surface area contributed by atoms with Gasteiger partial charge in [0.1, 0.15) is 0 Å². The molecule has 0 aliphatic carbocycles. The minimum atomic E-state index is -0.228. The molecule has 2 N–H and O–H groups in total. The second-order valence-corrected chi connectivity index (χ2v) is 4.15. The third-order valence-electron chi connectivity index (χ3n) is 2.42. The molecule has 3 heteroatoms. The van der Waals surface area contributed by atoms with Crippen LogP contribution in [0.5, 0.6) is 0 Å². The first kappa shape index (κ1) is 12.7. The Morgan fingerprint density at radius 2 is 1.81 bits per heavy atom. The van der Waals surface area contributed by atoms with Gasteiger partial charge in [0, 0.05) is 6.54 Å². The lowest BCUT2D eigenvalue weighted by atomic mass is 10.00. The van der Waals surface area contributed by atoms with Crippen molar-refractivity contribution in [2.75, 3.05) is 0 Å². The summed E-state index contributed by atoms with van der Waals surface area (Å²) in [5.74, 6) is -0.412. The summed E-state index contributed by atoms with van der Waals surface area (Å²) in [6, 6.07) is 7.73. The first-order chi connectivity index (χ1) is 7.54. The Labute approximate surface area is 96.6 Å². The molecule has 0 saturated carbocycles. The maximum Gasteiger partial charge on any atom is 0.313 e. The summed E-state index contributed by atoms with van der Waals surface area (Å²) in [7, 11) is 0. The molecule has 0 heterocycles. The minimum Gasteiger partial charge on any atom is -0.463 e. The van der Waals surface area contributed by atoms with Gasteiger partial charge in [-0.2, -0.15) is 0 Å². The van der Waals surface area contributed by atoms with Crippen LogP contribution in [0.2, 0.25) is 0 Å². The molecule has 0 spiro atoms. The van der Waals surface area contributed by atoms with Crippen molar-refractivity contribution in [3.05, 3.63) is 35.4 Å². The minimum absolute atomic E-state index is 0.0711. The van der Waals surface area contributed by atoms with Crippen LogP contribution < -0.4 is 5.73 Å². The van der Waals surface area contributed by atoms with Crippen LogP contribution >= 0.6 is 0 Å². The summed E-state index contributed by atoms with van der Waals surface area (Å²) < 4.78 is 5.16. The van der Waals surface area contributed by atoms with Crippen LogP contribution in [0.1, 0.15) is 37.8 Å². The number of hydrogen-bond donors (Lipinski definition) is 1. The van der Waals surface area contributed by atoms with Crippen LogP contribution in [0.4, 0.5) is 0 Å². The third-order valence-corrected chi connectivity index (χ3v) is 2.42. The molecule has 0 aliphatic heterocycles.